The average Bonchev–Trinajstić information content (AvgIpc) is 2.74. The molecule has 3 rings (SSSR count). The summed E-state index contributed by atoms with van der Waals surface area (Å²) in [6, 6.07) is 16.8. The summed E-state index contributed by atoms with van der Waals surface area (Å²) in [4.78, 5) is 20.6. The molecular formula is C21H22N4O3. The Morgan fingerprint density at radius 1 is 1.04 bits per heavy atom. The third kappa shape index (κ3) is 4.97. The number of esters is 1. The number of hydrogen-bond acceptors (Lipinski definition) is 7. The molecule has 0 saturated heterocycles. The van der Waals surface area contributed by atoms with E-state index in [1.807, 2.05) is 30.3 Å². The molecule has 1 aromatic heterocycles. The number of carbonyl (C=O) groups excluding carboxylic acids is 1. The lowest BCUT2D eigenvalue weighted by molar-refractivity contribution is 0.0602. The molecule has 2 aromatic carbocycles. The second-order valence-electron chi connectivity index (χ2n) is 5.95. The molecular weight excluding hydrogens is 356 g/mol. The van der Waals surface area contributed by atoms with Crippen molar-refractivity contribution in [2.45, 2.75) is 6.42 Å². The van der Waals surface area contributed by atoms with Gasteiger partial charge in [0.25, 0.3) is 0 Å². The summed E-state index contributed by atoms with van der Waals surface area (Å²) < 4.78 is 9.97. The second-order valence-corrected chi connectivity index (χ2v) is 5.95. The van der Waals surface area contributed by atoms with Crippen molar-refractivity contribution in [1.82, 2.24) is 9.97 Å². The maximum Gasteiger partial charge on any atom is 0.339 e. The molecule has 0 radical (unpaired) electrons. The van der Waals surface area contributed by atoms with Crippen LogP contribution in [0.2, 0.25) is 0 Å². The van der Waals surface area contributed by atoms with E-state index in [0.29, 0.717) is 23.0 Å². The number of anilines is 3. The first-order valence-corrected chi connectivity index (χ1v) is 8.84. The molecule has 144 valence electrons. The van der Waals surface area contributed by atoms with Crippen molar-refractivity contribution in [3.63, 3.8) is 0 Å². The molecule has 0 atom stereocenters. The van der Waals surface area contributed by atoms with Gasteiger partial charge < -0.3 is 20.1 Å². The molecule has 0 amide bonds. The highest BCUT2D eigenvalue weighted by molar-refractivity contribution is 5.96. The van der Waals surface area contributed by atoms with E-state index < -0.39 is 5.97 Å². The Hall–Kier alpha value is -3.61. The van der Waals surface area contributed by atoms with Crippen LogP contribution in [0.4, 0.5) is 17.5 Å². The summed E-state index contributed by atoms with van der Waals surface area (Å²) in [5.41, 5.74) is 2.21. The first-order valence-electron chi connectivity index (χ1n) is 8.84. The molecule has 7 nitrogen and oxygen atoms in total. The van der Waals surface area contributed by atoms with Gasteiger partial charge >= 0.3 is 5.97 Å². The van der Waals surface area contributed by atoms with Gasteiger partial charge in [0, 0.05) is 12.7 Å². The van der Waals surface area contributed by atoms with Crippen molar-refractivity contribution in [2.75, 3.05) is 31.4 Å². The fourth-order valence-corrected chi connectivity index (χ4v) is 2.65. The van der Waals surface area contributed by atoms with Gasteiger partial charge in [-0.2, -0.15) is 4.98 Å². The van der Waals surface area contributed by atoms with Gasteiger partial charge in [0.1, 0.15) is 11.6 Å². The standard InChI is InChI=1S/C21H22N4O3/c1-27-16-9-7-15(8-10-16)11-13-22-19-12-14-23-21(25-19)24-18-6-4-3-5-17(18)20(26)28-2/h3-10,12,14H,11,13H2,1-2H3,(H2,22,23,24,25). The van der Waals surface area contributed by atoms with Crippen LogP contribution in [0.25, 0.3) is 0 Å². The van der Waals surface area contributed by atoms with Gasteiger partial charge in [-0.1, -0.05) is 24.3 Å². The summed E-state index contributed by atoms with van der Waals surface area (Å²) in [6.07, 6.45) is 2.51. The van der Waals surface area contributed by atoms with E-state index >= 15 is 0 Å². The van der Waals surface area contributed by atoms with Gasteiger partial charge in [0.15, 0.2) is 0 Å². The highest BCUT2D eigenvalue weighted by atomic mass is 16.5. The van der Waals surface area contributed by atoms with Gasteiger partial charge in [0.05, 0.1) is 25.5 Å². The Labute approximate surface area is 163 Å². The first-order chi connectivity index (χ1) is 13.7. The van der Waals surface area contributed by atoms with Crippen LogP contribution in [0.15, 0.2) is 60.8 Å². The zero-order valence-corrected chi connectivity index (χ0v) is 15.8. The summed E-state index contributed by atoms with van der Waals surface area (Å²) in [7, 11) is 3.00. The third-order valence-corrected chi connectivity index (χ3v) is 4.11. The van der Waals surface area contributed by atoms with Crippen LogP contribution in [-0.4, -0.2) is 36.7 Å². The van der Waals surface area contributed by atoms with Crippen LogP contribution in [0.3, 0.4) is 0 Å². The number of nitrogens with zero attached hydrogens (tertiary/aromatic N) is 2. The topological polar surface area (TPSA) is 85.4 Å². The molecule has 0 fully saturated rings. The minimum atomic E-state index is -0.420. The van der Waals surface area contributed by atoms with Crippen molar-refractivity contribution in [3.05, 3.63) is 71.9 Å². The molecule has 0 aliphatic rings. The van der Waals surface area contributed by atoms with Gasteiger partial charge in [-0.25, -0.2) is 9.78 Å². The number of methoxy groups -OCH3 is 2. The lowest BCUT2D eigenvalue weighted by Crippen LogP contribution is -2.09. The van der Waals surface area contributed by atoms with E-state index in [-0.39, 0.29) is 0 Å². The van der Waals surface area contributed by atoms with Crippen molar-refractivity contribution in [1.29, 1.82) is 0 Å². The highest BCUT2D eigenvalue weighted by Gasteiger charge is 2.12. The number of ether oxygens (including phenoxy) is 2. The number of rotatable bonds is 8. The molecule has 0 spiro atoms. The monoisotopic (exact) mass is 378 g/mol. The summed E-state index contributed by atoms with van der Waals surface area (Å²) >= 11 is 0. The quantitative estimate of drug-likeness (QED) is 0.579. The molecule has 0 saturated carbocycles. The molecule has 0 bridgehead atoms. The second kappa shape index (κ2) is 9.36. The zero-order valence-electron chi connectivity index (χ0n) is 15.8. The van der Waals surface area contributed by atoms with Gasteiger partial charge in [-0.15, -0.1) is 0 Å². The Balaban J connectivity index is 1.62. The number of aromatic nitrogens is 2. The van der Waals surface area contributed by atoms with Crippen molar-refractivity contribution >= 4 is 23.4 Å². The van der Waals surface area contributed by atoms with E-state index in [2.05, 4.69) is 20.6 Å². The Kier molecular flexibility index (Phi) is 6.41. The van der Waals surface area contributed by atoms with Crippen LogP contribution in [0, 0.1) is 0 Å². The molecule has 0 aliphatic heterocycles. The maximum absolute atomic E-state index is 11.9. The Morgan fingerprint density at radius 2 is 1.82 bits per heavy atom. The molecule has 28 heavy (non-hydrogen) atoms. The minimum Gasteiger partial charge on any atom is -0.497 e. The molecule has 2 N–H and O–H groups in total. The smallest absolute Gasteiger partial charge is 0.339 e. The van der Waals surface area contributed by atoms with Gasteiger partial charge in [0.2, 0.25) is 5.95 Å². The fraction of sp³-hybridized carbons (Fsp3) is 0.190. The zero-order chi connectivity index (χ0) is 19.8. The maximum atomic E-state index is 11.9. The predicted octanol–water partition coefficient (Wildman–Crippen LogP) is 3.67. The van der Waals surface area contributed by atoms with Gasteiger partial charge in [-0.3, -0.25) is 0 Å². The van der Waals surface area contributed by atoms with E-state index in [1.54, 1.807) is 37.6 Å². The number of carbonyl (C=O) groups is 1. The van der Waals surface area contributed by atoms with Crippen molar-refractivity contribution in [2.24, 2.45) is 0 Å². The molecule has 0 aliphatic carbocycles. The van der Waals surface area contributed by atoms with Crippen LogP contribution >= 0.6 is 0 Å². The molecule has 1 heterocycles. The fourth-order valence-electron chi connectivity index (χ4n) is 2.65. The molecule has 0 unspecified atom stereocenters. The third-order valence-electron chi connectivity index (χ3n) is 4.11. The van der Waals surface area contributed by atoms with E-state index in [9.17, 15) is 4.79 Å². The predicted molar refractivity (Wildman–Crippen MR) is 108 cm³/mol. The minimum absolute atomic E-state index is 0.394. The summed E-state index contributed by atoms with van der Waals surface area (Å²) in [5, 5.41) is 6.35. The number of nitrogens with one attached hydrogen (secondary N) is 2. The Morgan fingerprint density at radius 3 is 2.57 bits per heavy atom. The highest BCUT2D eigenvalue weighted by Crippen LogP contribution is 2.20. The van der Waals surface area contributed by atoms with E-state index in [0.717, 1.165) is 18.7 Å². The molecule has 7 heteroatoms. The van der Waals surface area contributed by atoms with Crippen molar-refractivity contribution < 1.29 is 14.3 Å². The van der Waals surface area contributed by atoms with Crippen molar-refractivity contribution in [3.8, 4) is 5.75 Å². The Bertz CT molecular complexity index is 929. The SMILES string of the molecule is COC(=O)c1ccccc1Nc1nccc(NCCc2ccc(OC)cc2)n1. The average molecular weight is 378 g/mol. The molecule has 3 aromatic rings. The number of para-hydroxylation sites is 1. The number of hydrogen-bond donors (Lipinski definition) is 2. The van der Waals surface area contributed by atoms with Crippen LogP contribution in [-0.2, 0) is 11.2 Å². The van der Waals surface area contributed by atoms with Gasteiger partial charge in [-0.05, 0) is 42.3 Å². The van der Waals surface area contributed by atoms with Crippen LogP contribution in [0.5, 0.6) is 5.75 Å². The van der Waals surface area contributed by atoms with Crippen LogP contribution < -0.4 is 15.4 Å². The van der Waals surface area contributed by atoms with E-state index in [4.69, 9.17) is 9.47 Å². The first kappa shape index (κ1) is 19.2. The summed E-state index contributed by atoms with van der Waals surface area (Å²) in [6.45, 7) is 0.724. The largest absolute Gasteiger partial charge is 0.497 e. The lowest BCUT2D eigenvalue weighted by Gasteiger charge is -2.11. The number of benzene rings is 2. The van der Waals surface area contributed by atoms with E-state index in [1.165, 1.54) is 12.7 Å². The van der Waals surface area contributed by atoms with Crippen LogP contribution in [0.1, 0.15) is 15.9 Å². The lowest BCUT2D eigenvalue weighted by atomic mass is 10.1. The summed E-state index contributed by atoms with van der Waals surface area (Å²) in [5.74, 6) is 1.51. The normalized spacial score (nSPS) is 10.2.